The lowest BCUT2D eigenvalue weighted by atomic mass is 9.66. The fourth-order valence-corrected chi connectivity index (χ4v) is 4.82. The molecule has 0 N–H and O–H groups in total. The van der Waals surface area contributed by atoms with Gasteiger partial charge in [-0.3, -0.25) is 4.79 Å². The molecular formula is C15H19ClOS. The molecule has 3 rings (SSSR count). The highest BCUT2D eigenvalue weighted by Gasteiger charge is 2.35. The first-order valence-electron chi connectivity index (χ1n) is 7.03. The van der Waals surface area contributed by atoms with Crippen molar-refractivity contribution >= 4 is 28.7 Å². The summed E-state index contributed by atoms with van der Waals surface area (Å²) in [4.78, 5) is 13.3. The van der Waals surface area contributed by atoms with Crippen LogP contribution < -0.4 is 0 Å². The van der Waals surface area contributed by atoms with E-state index in [0.29, 0.717) is 5.78 Å². The summed E-state index contributed by atoms with van der Waals surface area (Å²) in [6.07, 6.45) is 9.00. The van der Waals surface area contributed by atoms with Crippen LogP contribution in [0.25, 0.3) is 0 Å². The number of fused-ring (bicyclic) bond motifs is 1. The topological polar surface area (TPSA) is 17.1 Å². The third kappa shape index (κ3) is 2.50. The zero-order valence-corrected chi connectivity index (χ0v) is 12.1. The van der Waals surface area contributed by atoms with Crippen LogP contribution in [0.15, 0.2) is 12.1 Å². The SMILES string of the molecule is O=C(c1ccc(Cl)s1)C1CCC2CCCCC2C1. The van der Waals surface area contributed by atoms with E-state index in [4.69, 9.17) is 11.6 Å². The van der Waals surface area contributed by atoms with Crippen molar-refractivity contribution in [2.24, 2.45) is 17.8 Å². The molecular weight excluding hydrogens is 264 g/mol. The molecule has 0 amide bonds. The van der Waals surface area contributed by atoms with Crippen molar-refractivity contribution in [3.05, 3.63) is 21.3 Å². The Morgan fingerprint density at radius 3 is 2.61 bits per heavy atom. The van der Waals surface area contributed by atoms with Crippen molar-refractivity contribution < 1.29 is 4.79 Å². The smallest absolute Gasteiger partial charge is 0.175 e. The summed E-state index contributed by atoms with van der Waals surface area (Å²) in [6.45, 7) is 0. The first-order chi connectivity index (χ1) is 8.74. The Kier molecular flexibility index (Phi) is 3.76. The Morgan fingerprint density at radius 2 is 1.89 bits per heavy atom. The molecule has 2 aliphatic rings. The minimum absolute atomic E-state index is 0.263. The highest BCUT2D eigenvalue weighted by atomic mass is 35.5. The number of carbonyl (C=O) groups excluding carboxylic acids is 1. The van der Waals surface area contributed by atoms with E-state index in [1.807, 2.05) is 12.1 Å². The summed E-state index contributed by atoms with van der Waals surface area (Å²) in [6, 6.07) is 3.73. The molecule has 3 unspecified atom stereocenters. The van der Waals surface area contributed by atoms with E-state index in [9.17, 15) is 4.79 Å². The Bertz CT molecular complexity index is 439. The van der Waals surface area contributed by atoms with Crippen molar-refractivity contribution in [3.63, 3.8) is 0 Å². The van der Waals surface area contributed by atoms with Crippen LogP contribution in [0.4, 0.5) is 0 Å². The molecule has 2 aliphatic carbocycles. The predicted octanol–water partition coefficient (Wildman–Crippen LogP) is 5.19. The van der Waals surface area contributed by atoms with E-state index in [2.05, 4.69) is 0 Å². The Balaban J connectivity index is 1.68. The van der Waals surface area contributed by atoms with Crippen molar-refractivity contribution in [2.75, 3.05) is 0 Å². The zero-order chi connectivity index (χ0) is 12.5. The first kappa shape index (κ1) is 12.7. The van der Waals surface area contributed by atoms with Gasteiger partial charge in [0, 0.05) is 5.92 Å². The molecule has 2 saturated carbocycles. The number of hydrogen-bond donors (Lipinski definition) is 0. The van der Waals surface area contributed by atoms with Crippen molar-refractivity contribution in [1.82, 2.24) is 0 Å². The van der Waals surface area contributed by atoms with E-state index in [1.165, 1.54) is 43.4 Å². The molecule has 1 aromatic heterocycles. The third-order valence-electron chi connectivity index (χ3n) is 4.73. The first-order valence-corrected chi connectivity index (χ1v) is 8.23. The Labute approximate surface area is 118 Å². The van der Waals surface area contributed by atoms with Crippen LogP contribution >= 0.6 is 22.9 Å². The van der Waals surface area contributed by atoms with Gasteiger partial charge in [0.25, 0.3) is 0 Å². The van der Waals surface area contributed by atoms with Crippen LogP contribution in [0.1, 0.15) is 54.6 Å². The summed E-state index contributed by atoms with van der Waals surface area (Å²) in [5.74, 6) is 2.33. The average molecular weight is 283 g/mol. The molecule has 0 radical (unpaired) electrons. The van der Waals surface area contributed by atoms with Gasteiger partial charge in [0.1, 0.15) is 0 Å². The van der Waals surface area contributed by atoms with Crippen LogP contribution in [-0.4, -0.2) is 5.78 Å². The standard InChI is InChI=1S/C15H19ClOS/c16-14-8-7-13(18-14)15(17)12-6-5-10-3-1-2-4-11(10)9-12/h7-8,10-12H,1-6,9H2. The van der Waals surface area contributed by atoms with Crippen molar-refractivity contribution in [1.29, 1.82) is 0 Å². The molecule has 18 heavy (non-hydrogen) atoms. The van der Waals surface area contributed by atoms with Gasteiger partial charge in [-0.25, -0.2) is 0 Å². The number of ketones is 1. The van der Waals surface area contributed by atoms with E-state index in [0.717, 1.165) is 33.9 Å². The van der Waals surface area contributed by atoms with E-state index in [1.54, 1.807) is 0 Å². The van der Waals surface area contributed by atoms with E-state index >= 15 is 0 Å². The summed E-state index contributed by atoms with van der Waals surface area (Å²) >= 11 is 7.36. The van der Waals surface area contributed by atoms with Gasteiger partial charge in [-0.15, -0.1) is 11.3 Å². The largest absolute Gasteiger partial charge is 0.293 e. The minimum Gasteiger partial charge on any atom is -0.293 e. The molecule has 3 heteroatoms. The average Bonchev–Trinajstić information content (AvgIpc) is 2.84. The normalized spacial score (nSPS) is 31.9. The molecule has 0 bridgehead atoms. The quantitative estimate of drug-likeness (QED) is 0.682. The van der Waals surface area contributed by atoms with Gasteiger partial charge < -0.3 is 0 Å². The molecule has 0 aromatic carbocycles. The molecule has 1 heterocycles. The second-order valence-corrected chi connectivity index (χ2v) is 7.50. The van der Waals surface area contributed by atoms with Crippen LogP contribution in [0, 0.1) is 17.8 Å². The molecule has 98 valence electrons. The maximum absolute atomic E-state index is 12.4. The minimum atomic E-state index is 0.263. The molecule has 2 fully saturated rings. The van der Waals surface area contributed by atoms with Crippen molar-refractivity contribution in [2.45, 2.75) is 44.9 Å². The number of thiophene rings is 1. The summed E-state index contributed by atoms with van der Waals surface area (Å²) in [7, 11) is 0. The maximum Gasteiger partial charge on any atom is 0.175 e. The van der Waals surface area contributed by atoms with Gasteiger partial charge in [-0.1, -0.05) is 37.3 Å². The van der Waals surface area contributed by atoms with Gasteiger partial charge >= 0.3 is 0 Å². The van der Waals surface area contributed by atoms with E-state index < -0.39 is 0 Å². The molecule has 0 saturated heterocycles. The summed E-state index contributed by atoms with van der Waals surface area (Å²) < 4.78 is 0.727. The molecule has 1 nitrogen and oxygen atoms in total. The van der Waals surface area contributed by atoms with Gasteiger partial charge in [0.15, 0.2) is 5.78 Å². The highest BCUT2D eigenvalue weighted by Crippen LogP contribution is 2.43. The monoisotopic (exact) mass is 282 g/mol. The van der Waals surface area contributed by atoms with Gasteiger partial charge in [-0.05, 0) is 43.2 Å². The molecule has 0 spiro atoms. The van der Waals surface area contributed by atoms with Gasteiger partial charge in [-0.2, -0.15) is 0 Å². The predicted molar refractivity (Wildman–Crippen MR) is 76.4 cm³/mol. The number of carbonyl (C=O) groups is 1. The Hall–Kier alpha value is -0.340. The number of halogens is 1. The highest BCUT2D eigenvalue weighted by molar-refractivity contribution is 7.18. The van der Waals surface area contributed by atoms with Crippen LogP contribution in [-0.2, 0) is 0 Å². The van der Waals surface area contributed by atoms with Gasteiger partial charge in [0.05, 0.1) is 9.21 Å². The van der Waals surface area contributed by atoms with Crippen LogP contribution in [0.2, 0.25) is 4.34 Å². The second-order valence-electron chi connectivity index (χ2n) is 5.78. The summed E-state index contributed by atoms with van der Waals surface area (Å²) in [5.41, 5.74) is 0. The van der Waals surface area contributed by atoms with Crippen molar-refractivity contribution in [3.8, 4) is 0 Å². The second kappa shape index (κ2) is 5.34. The zero-order valence-electron chi connectivity index (χ0n) is 10.5. The third-order valence-corrected chi connectivity index (χ3v) is 5.97. The van der Waals surface area contributed by atoms with E-state index in [-0.39, 0.29) is 5.92 Å². The Morgan fingerprint density at radius 1 is 1.11 bits per heavy atom. The fourth-order valence-electron chi connectivity index (χ4n) is 3.76. The number of hydrogen-bond acceptors (Lipinski definition) is 2. The number of Topliss-reactive ketones (excluding diaryl/α,β-unsaturated/α-hetero) is 1. The molecule has 3 atom stereocenters. The lowest BCUT2D eigenvalue weighted by molar-refractivity contribution is 0.0767. The van der Waals surface area contributed by atoms with Crippen LogP contribution in [0.5, 0.6) is 0 Å². The molecule has 1 aromatic rings. The summed E-state index contributed by atoms with van der Waals surface area (Å²) in [5, 5.41) is 0. The molecule has 0 aliphatic heterocycles. The fraction of sp³-hybridized carbons (Fsp3) is 0.667. The lowest BCUT2D eigenvalue weighted by Gasteiger charge is -2.38. The maximum atomic E-state index is 12.4. The van der Waals surface area contributed by atoms with Crippen LogP contribution in [0.3, 0.4) is 0 Å². The number of rotatable bonds is 2. The van der Waals surface area contributed by atoms with Gasteiger partial charge in [0.2, 0.25) is 0 Å². The lowest BCUT2D eigenvalue weighted by Crippen LogP contribution is -2.31.